The maximum absolute atomic E-state index is 10.3. The third-order valence-electron chi connectivity index (χ3n) is 9.15. The van der Waals surface area contributed by atoms with E-state index in [0.717, 1.165) is 64.3 Å². The molecule has 0 aliphatic heterocycles. The second-order valence-electron chi connectivity index (χ2n) is 13.7. The molecule has 5 heteroatoms. The molecule has 0 heterocycles. The fourth-order valence-corrected chi connectivity index (χ4v) is 6.14. The average molecular weight is 659 g/mol. The Kier molecular flexibility index (Phi) is 34.5. The summed E-state index contributed by atoms with van der Waals surface area (Å²) >= 11 is 0. The number of carbonyl (C=O) groups is 2. The average Bonchev–Trinajstić information content (AvgIpc) is 3.09. The number of hydrogen-bond donors (Lipinski definition) is 0. The molecule has 0 amide bonds. The van der Waals surface area contributed by atoms with Gasteiger partial charge in [-0.1, -0.05) is 172 Å². The summed E-state index contributed by atoms with van der Waals surface area (Å²) in [6.45, 7) is 3.41. The van der Waals surface area contributed by atoms with E-state index in [1.54, 1.807) is 0 Å². The van der Waals surface area contributed by atoms with Crippen LogP contribution < -0.4 is 0 Å². The minimum atomic E-state index is 0.0000710. The van der Waals surface area contributed by atoms with Crippen LogP contribution in [-0.4, -0.2) is 45.1 Å². The van der Waals surface area contributed by atoms with Crippen molar-refractivity contribution in [3.63, 3.8) is 0 Å². The third-order valence-corrected chi connectivity index (χ3v) is 9.15. The summed E-state index contributed by atoms with van der Waals surface area (Å²) in [5.41, 5.74) is 1.20. The summed E-state index contributed by atoms with van der Waals surface area (Å²) in [6.07, 6.45) is 37.0. The van der Waals surface area contributed by atoms with Crippen molar-refractivity contribution < 1.29 is 23.8 Å². The van der Waals surface area contributed by atoms with Crippen LogP contribution in [-0.2, 0) is 30.4 Å². The maximum Gasteiger partial charge on any atom is 0.119 e. The van der Waals surface area contributed by atoms with Gasteiger partial charge in [-0.3, -0.25) is 0 Å². The van der Waals surface area contributed by atoms with Crippen LogP contribution in [0.1, 0.15) is 185 Å². The first-order valence-corrected chi connectivity index (χ1v) is 20.0. The molecule has 0 aliphatic rings. The third kappa shape index (κ3) is 32.7. The molecule has 1 rings (SSSR count). The fourth-order valence-electron chi connectivity index (χ4n) is 6.14. The minimum absolute atomic E-state index is 0.0000710. The molecule has 0 radical (unpaired) electrons. The van der Waals surface area contributed by atoms with Gasteiger partial charge in [0.1, 0.15) is 18.7 Å². The molecule has 0 aromatic heterocycles. The predicted molar refractivity (Wildman–Crippen MR) is 198 cm³/mol. The molecular weight excluding hydrogens is 584 g/mol. The van der Waals surface area contributed by atoms with Gasteiger partial charge >= 0.3 is 0 Å². The van der Waals surface area contributed by atoms with Crippen molar-refractivity contribution in [1.82, 2.24) is 0 Å². The predicted octanol–water partition coefficient (Wildman–Crippen LogP) is 11.9. The fraction of sp³-hybridized carbons (Fsp3) is 0.810. The van der Waals surface area contributed by atoms with Crippen LogP contribution in [0.5, 0.6) is 0 Å². The molecule has 272 valence electrons. The van der Waals surface area contributed by atoms with Crippen molar-refractivity contribution >= 4 is 12.6 Å². The Balaban J connectivity index is 2.02. The molecular formula is C42H74O5. The van der Waals surface area contributed by atoms with Gasteiger partial charge in [-0.2, -0.15) is 0 Å². The Morgan fingerprint density at radius 1 is 0.426 bits per heavy atom. The molecule has 47 heavy (non-hydrogen) atoms. The van der Waals surface area contributed by atoms with Gasteiger partial charge in [0.2, 0.25) is 0 Å². The quantitative estimate of drug-likeness (QED) is 0.0520. The first-order valence-electron chi connectivity index (χ1n) is 20.0. The van der Waals surface area contributed by atoms with Crippen molar-refractivity contribution in [1.29, 1.82) is 0 Å². The number of hydrogen-bond acceptors (Lipinski definition) is 5. The van der Waals surface area contributed by atoms with Crippen LogP contribution in [0, 0.1) is 0 Å². The lowest BCUT2D eigenvalue weighted by molar-refractivity contribution is -0.108. The molecule has 0 bridgehead atoms. The van der Waals surface area contributed by atoms with Gasteiger partial charge in [0.15, 0.2) is 0 Å². The zero-order valence-electron chi connectivity index (χ0n) is 30.5. The van der Waals surface area contributed by atoms with Gasteiger partial charge in [0.25, 0.3) is 0 Å². The molecule has 1 aromatic carbocycles. The first kappa shape index (κ1) is 43.5. The summed E-state index contributed by atoms with van der Waals surface area (Å²) in [6, 6.07) is 10.4. The molecule has 0 aliphatic carbocycles. The molecule has 1 atom stereocenters. The SMILES string of the molecule is O=CCCCCCCCCCCCCCCCOC[C@@H](COCc1ccccc1)OCCCCCCCCCCCCCCCC=O. The van der Waals surface area contributed by atoms with E-state index in [1.165, 1.54) is 147 Å². The smallest absolute Gasteiger partial charge is 0.119 e. The van der Waals surface area contributed by atoms with E-state index in [9.17, 15) is 9.59 Å². The van der Waals surface area contributed by atoms with E-state index >= 15 is 0 Å². The lowest BCUT2D eigenvalue weighted by atomic mass is 10.0. The highest BCUT2D eigenvalue weighted by molar-refractivity contribution is 5.49. The lowest BCUT2D eigenvalue weighted by Crippen LogP contribution is -2.26. The number of rotatable bonds is 39. The number of aldehydes is 2. The minimum Gasteiger partial charge on any atom is -0.379 e. The van der Waals surface area contributed by atoms with Crippen LogP contribution in [0.3, 0.4) is 0 Å². The molecule has 5 nitrogen and oxygen atoms in total. The van der Waals surface area contributed by atoms with E-state index in [1.807, 2.05) is 6.07 Å². The zero-order valence-corrected chi connectivity index (χ0v) is 30.5. The first-order chi connectivity index (χ1) is 23.4. The Hall–Kier alpha value is -1.56. The summed E-state index contributed by atoms with van der Waals surface area (Å²) in [5, 5.41) is 0. The van der Waals surface area contributed by atoms with Gasteiger partial charge in [-0.05, 0) is 31.2 Å². The number of ether oxygens (including phenoxy) is 3. The Morgan fingerprint density at radius 3 is 1.21 bits per heavy atom. The van der Waals surface area contributed by atoms with Crippen molar-refractivity contribution in [2.45, 2.75) is 192 Å². The highest BCUT2D eigenvalue weighted by Gasteiger charge is 2.10. The number of carbonyl (C=O) groups excluding carboxylic acids is 2. The monoisotopic (exact) mass is 659 g/mol. The van der Waals surface area contributed by atoms with Gasteiger partial charge < -0.3 is 23.8 Å². The molecule has 0 saturated carbocycles. The maximum atomic E-state index is 10.3. The van der Waals surface area contributed by atoms with E-state index in [4.69, 9.17) is 14.2 Å². The van der Waals surface area contributed by atoms with Crippen LogP contribution in [0.4, 0.5) is 0 Å². The number of unbranched alkanes of at least 4 members (excludes halogenated alkanes) is 26. The van der Waals surface area contributed by atoms with Crippen molar-refractivity contribution in [2.24, 2.45) is 0 Å². The van der Waals surface area contributed by atoms with Crippen molar-refractivity contribution in [2.75, 3.05) is 26.4 Å². The molecule has 1 aromatic rings. The van der Waals surface area contributed by atoms with Crippen molar-refractivity contribution in [3.8, 4) is 0 Å². The van der Waals surface area contributed by atoms with E-state index in [2.05, 4.69) is 24.3 Å². The highest BCUT2D eigenvalue weighted by Crippen LogP contribution is 2.15. The Bertz CT molecular complexity index is 755. The largest absolute Gasteiger partial charge is 0.379 e. The summed E-state index contributed by atoms with van der Waals surface area (Å²) in [7, 11) is 0. The van der Waals surface area contributed by atoms with Crippen molar-refractivity contribution in [3.05, 3.63) is 35.9 Å². The van der Waals surface area contributed by atoms with E-state index in [0.29, 0.717) is 19.8 Å². The molecule has 0 spiro atoms. The van der Waals surface area contributed by atoms with Gasteiger partial charge in [-0.25, -0.2) is 0 Å². The Morgan fingerprint density at radius 2 is 0.787 bits per heavy atom. The molecule has 0 fully saturated rings. The van der Waals surface area contributed by atoms with Crippen LogP contribution in [0.2, 0.25) is 0 Å². The van der Waals surface area contributed by atoms with Crippen LogP contribution in [0.25, 0.3) is 0 Å². The lowest BCUT2D eigenvalue weighted by Gasteiger charge is -2.18. The molecule has 0 N–H and O–H groups in total. The van der Waals surface area contributed by atoms with Gasteiger partial charge in [0, 0.05) is 26.1 Å². The summed E-state index contributed by atoms with van der Waals surface area (Å²) in [5.74, 6) is 0. The highest BCUT2D eigenvalue weighted by atomic mass is 16.6. The normalized spacial score (nSPS) is 12.0. The topological polar surface area (TPSA) is 61.8 Å². The second kappa shape index (κ2) is 37.3. The molecule has 0 unspecified atom stereocenters. The van der Waals surface area contributed by atoms with E-state index < -0.39 is 0 Å². The van der Waals surface area contributed by atoms with Gasteiger partial charge in [-0.15, -0.1) is 0 Å². The molecule has 0 saturated heterocycles. The van der Waals surface area contributed by atoms with Gasteiger partial charge in [0.05, 0.1) is 19.8 Å². The second-order valence-corrected chi connectivity index (χ2v) is 13.7. The standard InChI is InChI=1S/C42H74O5/c43-34-28-21-17-13-9-5-1-3-7-11-15-19-23-30-36-45-39-42(40-46-38-41-32-26-25-27-33-41)47-37-31-24-20-16-12-8-4-2-6-10-14-18-22-29-35-44/h25-27,32-35,42H,1-24,28-31,36-40H2/t42-/m0/s1. The van der Waals surface area contributed by atoms with E-state index in [-0.39, 0.29) is 6.10 Å². The van der Waals surface area contributed by atoms with Crippen LogP contribution >= 0.6 is 0 Å². The zero-order chi connectivity index (χ0) is 33.6. The number of benzene rings is 1. The van der Waals surface area contributed by atoms with Crippen LogP contribution in [0.15, 0.2) is 30.3 Å². The summed E-state index contributed by atoms with van der Waals surface area (Å²) in [4.78, 5) is 20.7. The summed E-state index contributed by atoms with van der Waals surface area (Å²) < 4.78 is 18.3. The Labute approximate surface area is 290 Å².